The Bertz CT molecular complexity index is 800. The molecule has 2 heterocycles. The Morgan fingerprint density at radius 2 is 2.00 bits per heavy atom. The van der Waals surface area contributed by atoms with Crippen molar-refractivity contribution in [2.45, 2.75) is 19.9 Å². The molecule has 0 atom stereocenters. The molecule has 3 rings (SSSR count). The average Bonchev–Trinajstić information content (AvgIpc) is 2.44. The van der Waals surface area contributed by atoms with E-state index in [9.17, 15) is 14.7 Å². The van der Waals surface area contributed by atoms with Gasteiger partial charge in [0.15, 0.2) is 0 Å². The molecule has 0 unspecified atom stereocenters. The van der Waals surface area contributed by atoms with Gasteiger partial charge in [0, 0.05) is 11.1 Å². The van der Waals surface area contributed by atoms with Crippen molar-refractivity contribution in [3.05, 3.63) is 35.0 Å². The molecule has 0 bridgehead atoms. The third kappa shape index (κ3) is 3.09. The predicted molar refractivity (Wildman–Crippen MR) is 84.9 cm³/mol. The minimum atomic E-state index is -1.05. The maximum absolute atomic E-state index is 12.0. The number of aromatic nitrogens is 1. The fraction of sp³-hybridized carbons (Fsp3) is 0.312. The van der Waals surface area contributed by atoms with Gasteiger partial charge in [-0.2, -0.15) is 0 Å². The van der Waals surface area contributed by atoms with Crippen LogP contribution in [0.15, 0.2) is 18.2 Å². The molecule has 1 aliphatic rings. The molecule has 1 aliphatic heterocycles. The number of carbonyl (C=O) groups excluding carboxylic acids is 1. The van der Waals surface area contributed by atoms with Crippen LogP contribution in [0, 0.1) is 13.8 Å². The van der Waals surface area contributed by atoms with Gasteiger partial charge in [-0.3, -0.25) is 4.98 Å². The first-order chi connectivity index (χ1) is 10.9. The zero-order valence-corrected chi connectivity index (χ0v) is 12.8. The minimum Gasteiger partial charge on any atom is -0.478 e. The number of benzene rings is 1. The first-order valence-electron chi connectivity index (χ1n) is 7.24. The number of carboxylic acids is 1. The Labute approximate surface area is 132 Å². The van der Waals surface area contributed by atoms with E-state index in [0.717, 1.165) is 11.3 Å². The summed E-state index contributed by atoms with van der Waals surface area (Å²) in [6, 6.07) is 4.43. The lowest BCUT2D eigenvalue weighted by molar-refractivity contribution is 0.000736. The van der Waals surface area contributed by atoms with Crippen molar-refractivity contribution >= 4 is 28.6 Å². The number of nitrogens with one attached hydrogen (secondary N) is 2. The van der Waals surface area contributed by atoms with Gasteiger partial charge in [-0.05, 0) is 37.6 Å². The molecule has 1 fully saturated rings. The van der Waals surface area contributed by atoms with Crippen LogP contribution < -0.4 is 10.6 Å². The summed E-state index contributed by atoms with van der Waals surface area (Å²) in [7, 11) is 0. The van der Waals surface area contributed by atoms with Crippen molar-refractivity contribution in [3.63, 3.8) is 0 Å². The van der Waals surface area contributed by atoms with Gasteiger partial charge in [0.1, 0.15) is 0 Å². The summed E-state index contributed by atoms with van der Waals surface area (Å²) < 4.78 is 5.00. The molecule has 1 saturated heterocycles. The fourth-order valence-corrected chi connectivity index (χ4v) is 2.37. The van der Waals surface area contributed by atoms with Gasteiger partial charge in [0.2, 0.25) is 0 Å². The molecule has 1 aromatic heterocycles. The standard InChI is InChI=1S/C16H17N3O4/c1-8-3-10-4-11(15(20)21)5-13(14(10)17-9(8)2)19-16(22)18-12-6-23-7-12/h3-5,12H,6-7H2,1-2H3,(H,20,21)(H2,18,19,22). The Morgan fingerprint density at radius 1 is 1.26 bits per heavy atom. The van der Waals surface area contributed by atoms with Gasteiger partial charge < -0.3 is 20.5 Å². The number of hydrogen-bond acceptors (Lipinski definition) is 4. The normalized spacial score (nSPS) is 14.3. The Kier molecular flexibility index (Phi) is 3.87. The molecule has 1 aromatic carbocycles. The summed E-state index contributed by atoms with van der Waals surface area (Å²) >= 11 is 0. The zero-order chi connectivity index (χ0) is 16.6. The van der Waals surface area contributed by atoms with Crippen LogP contribution in [-0.2, 0) is 4.74 Å². The van der Waals surface area contributed by atoms with Crippen LogP contribution in [0.4, 0.5) is 10.5 Å². The molecular weight excluding hydrogens is 298 g/mol. The third-order valence-corrected chi connectivity index (χ3v) is 3.83. The molecule has 7 heteroatoms. The van der Waals surface area contributed by atoms with E-state index in [4.69, 9.17) is 4.74 Å². The van der Waals surface area contributed by atoms with E-state index < -0.39 is 12.0 Å². The van der Waals surface area contributed by atoms with Crippen LogP contribution in [-0.4, -0.2) is 41.3 Å². The number of rotatable bonds is 3. The number of hydrogen-bond donors (Lipinski definition) is 3. The summed E-state index contributed by atoms with van der Waals surface area (Å²) in [6.07, 6.45) is 0. The van der Waals surface area contributed by atoms with Crippen molar-refractivity contribution in [2.75, 3.05) is 18.5 Å². The van der Waals surface area contributed by atoms with E-state index in [1.807, 2.05) is 19.9 Å². The van der Waals surface area contributed by atoms with Crippen LogP contribution in [0.25, 0.3) is 10.9 Å². The molecule has 0 spiro atoms. The van der Waals surface area contributed by atoms with Crippen LogP contribution in [0.1, 0.15) is 21.6 Å². The maximum atomic E-state index is 12.0. The highest BCUT2D eigenvalue weighted by Gasteiger charge is 2.21. The molecule has 2 aromatic rings. The fourth-order valence-electron chi connectivity index (χ4n) is 2.37. The molecule has 0 aliphatic carbocycles. The van der Waals surface area contributed by atoms with Gasteiger partial charge >= 0.3 is 12.0 Å². The smallest absolute Gasteiger partial charge is 0.335 e. The second-order valence-electron chi connectivity index (χ2n) is 5.62. The van der Waals surface area contributed by atoms with Gasteiger partial charge in [-0.1, -0.05) is 0 Å². The first-order valence-corrected chi connectivity index (χ1v) is 7.24. The van der Waals surface area contributed by atoms with Crippen molar-refractivity contribution in [1.82, 2.24) is 10.3 Å². The van der Waals surface area contributed by atoms with Gasteiger partial charge in [-0.25, -0.2) is 9.59 Å². The number of urea groups is 1. The molecule has 23 heavy (non-hydrogen) atoms. The van der Waals surface area contributed by atoms with E-state index in [-0.39, 0.29) is 11.6 Å². The number of carbonyl (C=O) groups is 2. The van der Waals surface area contributed by atoms with Crippen LogP contribution in [0.5, 0.6) is 0 Å². The molecule has 0 saturated carbocycles. The maximum Gasteiger partial charge on any atom is 0.335 e. The zero-order valence-electron chi connectivity index (χ0n) is 12.8. The van der Waals surface area contributed by atoms with Gasteiger partial charge in [-0.15, -0.1) is 0 Å². The summed E-state index contributed by atoms with van der Waals surface area (Å²) in [5.41, 5.74) is 2.84. The molecule has 7 nitrogen and oxygen atoms in total. The van der Waals surface area contributed by atoms with E-state index in [1.165, 1.54) is 6.07 Å². The number of amides is 2. The Hall–Kier alpha value is -2.67. The second kappa shape index (κ2) is 5.85. The van der Waals surface area contributed by atoms with Crippen molar-refractivity contribution in [2.24, 2.45) is 0 Å². The number of fused-ring (bicyclic) bond motifs is 1. The van der Waals surface area contributed by atoms with E-state index in [2.05, 4.69) is 15.6 Å². The minimum absolute atomic E-state index is 0.0131. The highest BCUT2D eigenvalue weighted by molar-refractivity contribution is 6.04. The van der Waals surface area contributed by atoms with Gasteiger partial charge in [0.25, 0.3) is 0 Å². The lowest BCUT2D eigenvalue weighted by atomic mass is 10.1. The predicted octanol–water partition coefficient (Wildman–Crippen LogP) is 2.07. The first kappa shape index (κ1) is 15.2. The van der Waals surface area contributed by atoms with Crippen LogP contribution >= 0.6 is 0 Å². The number of anilines is 1. The lowest BCUT2D eigenvalue weighted by Crippen LogP contribution is -2.50. The molecule has 0 radical (unpaired) electrons. The Balaban J connectivity index is 2.00. The van der Waals surface area contributed by atoms with Crippen LogP contribution in [0.3, 0.4) is 0 Å². The summed E-state index contributed by atoms with van der Waals surface area (Å²) in [4.78, 5) is 27.8. The topological polar surface area (TPSA) is 101 Å². The monoisotopic (exact) mass is 315 g/mol. The molecule has 3 N–H and O–H groups in total. The largest absolute Gasteiger partial charge is 0.478 e. The highest BCUT2D eigenvalue weighted by Crippen LogP contribution is 2.26. The summed E-state index contributed by atoms with van der Waals surface area (Å²) in [6.45, 7) is 4.75. The molecule has 2 amide bonds. The number of pyridine rings is 1. The molecular formula is C16H17N3O4. The number of aromatic carboxylic acids is 1. The highest BCUT2D eigenvalue weighted by atomic mass is 16.5. The SMILES string of the molecule is Cc1cc2cc(C(=O)O)cc(NC(=O)NC3COC3)c2nc1C. The second-order valence-corrected chi connectivity index (χ2v) is 5.62. The number of carboxylic acid groups (broad SMARTS) is 1. The lowest BCUT2D eigenvalue weighted by Gasteiger charge is -2.26. The number of ether oxygens (including phenoxy) is 1. The average molecular weight is 315 g/mol. The summed E-state index contributed by atoms with van der Waals surface area (Å²) in [5, 5.41) is 15.4. The Morgan fingerprint density at radius 3 is 2.61 bits per heavy atom. The van der Waals surface area contributed by atoms with Crippen LogP contribution in [0.2, 0.25) is 0 Å². The van der Waals surface area contributed by atoms with E-state index in [0.29, 0.717) is 29.8 Å². The van der Waals surface area contributed by atoms with Crippen molar-refractivity contribution in [3.8, 4) is 0 Å². The van der Waals surface area contributed by atoms with E-state index in [1.54, 1.807) is 6.07 Å². The quantitative estimate of drug-likeness (QED) is 0.805. The number of aryl methyl sites for hydroxylation is 2. The van der Waals surface area contributed by atoms with Crippen molar-refractivity contribution in [1.29, 1.82) is 0 Å². The number of nitrogens with zero attached hydrogens (tertiary/aromatic N) is 1. The van der Waals surface area contributed by atoms with Gasteiger partial charge in [0.05, 0.1) is 36.0 Å². The molecule has 120 valence electrons. The van der Waals surface area contributed by atoms with Crippen molar-refractivity contribution < 1.29 is 19.4 Å². The summed E-state index contributed by atoms with van der Waals surface area (Å²) in [5.74, 6) is -1.05. The third-order valence-electron chi connectivity index (χ3n) is 3.83. The van der Waals surface area contributed by atoms with E-state index >= 15 is 0 Å².